The van der Waals surface area contributed by atoms with E-state index >= 15 is 0 Å². The Kier molecular flexibility index (Phi) is 2.88. The second kappa shape index (κ2) is 4.38. The second-order valence-electron chi connectivity index (χ2n) is 4.93. The summed E-state index contributed by atoms with van der Waals surface area (Å²) in [7, 11) is 2.14. The Balaban J connectivity index is 1.80. The molecule has 0 unspecified atom stereocenters. The molecule has 0 radical (unpaired) electrons. The van der Waals surface area contributed by atoms with Gasteiger partial charge in [-0.3, -0.25) is 4.79 Å². The molecule has 1 aromatic heterocycles. The number of aldehydes is 1. The lowest BCUT2D eigenvalue weighted by Crippen LogP contribution is -2.44. The van der Waals surface area contributed by atoms with E-state index in [0.29, 0.717) is 5.92 Å². The lowest BCUT2D eigenvalue weighted by molar-refractivity contribution is 0.112. The standard InChI is InChI=1S/C12H17N3OS/c1-14-4-6-15(7-5-14)12-13-11(9-2-3-9)10(8-16)17-12/h8-9H,2-7H2,1H3. The van der Waals surface area contributed by atoms with Gasteiger partial charge in [-0.1, -0.05) is 11.3 Å². The molecule has 3 rings (SSSR count). The molecule has 1 saturated heterocycles. The number of hydrogen-bond donors (Lipinski definition) is 0. The average molecular weight is 251 g/mol. The van der Waals surface area contributed by atoms with Crippen LogP contribution in [0.3, 0.4) is 0 Å². The first kappa shape index (κ1) is 11.2. The molecule has 2 heterocycles. The van der Waals surface area contributed by atoms with Crippen LogP contribution >= 0.6 is 11.3 Å². The summed E-state index contributed by atoms with van der Waals surface area (Å²) in [5.74, 6) is 0.563. The van der Waals surface area contributed by atoms with E-state index in [-0.39, 0.29) is 0 Å². The highest BCUT2D eigenvalue weighted by molar-refractivity contribution is 7.17. The fraction of sp³-hybridized carbons (Fsp3) is 0.667. The molecule has 0 aromatic carbocycles. The summed E-state index contributed by atoms with van der Waals surface area (Å²) in [6, 6.07) is 0. The van der Waals surface area contributed by atoms with Crippen molar-refractivity contribution in [3.63, 3.8) is 0 Å². The van der Waals surface area contributed by atoms with E-state index in [1.165, 1.54) is 12.8 Å². The number of carbonyl (C=O) groups excluding carboxylic acids is 1. The lowest BCUT2D eigenvalue weighted by Gasteiger charge is -2.32. The minimum absolute atomic E-state index is 0.563. The Morgan fingerprint density at radius 1 is 1.29 bits per heavy atom. The van der Waals surface area contributed by atoms with E-state index in [4.69, 9.17) is 0 Å². The molecule has 1 aromatic rings. The summed E-state index contributed by atoms with van der Waals surface area (Å²) >= 11 is 1.56. The summed E-state index contributed by atoms with van der Waals surface area (Å²) in [5.41, 5.74) is 1.05. The van der Waals surface area contributed by atoms with Crippen LogP contribution in [0.2, 0.25) is 0 Å². The molecule has 0 amide bonds. The first-order valence-electron chi connectivity index (χ1n) is 6.17. The van der Waals surface area contributed by atoms with Gasteiger partial charge in [0, 0.05) is 32.1 Å². The monoisotopic (exact) mass is 251 g/mol. The van der Waals surface area contributed by atoms with Gasteiger partial charge in [-0.2, -0.15) is 0 Å². The normalized spacial score (nSPS) is 21.8. The van der Waals surface area contributed by atoms with Gasteiger partial charge < -0.3 is 9.80 Å². The number of rotatable bonds is 3. The third-order valence-electron chi connectivity index (χ3n) is 3.51. The van der Waals surface area contributed by atoms with Crippen LogP contribution in [0, 0.1) is 0 Å². The number of likely N-dealkylation sites (N-methyl/N-ethyl adjacent to an activating group) is 1. The van der Waals surface area contributed by atoms with Crippen LogP contribution in [-0.4, -0.2) is 49.4 Å². The molecular weight excluding hydrogens is 234 g/mol. The van der Waals surface area contributed by atoms with Crippen molar-refractivity contribution in [3.8, 4) is 0 Å². The molecule has 0 atom stereocenters. The van der Waals surface area contributed by atoms with E-state index in [0.717, 1.165) is 48.2 Å². The Morgan fingerprint density at radius 3 is 2.59 bits per heavy atom. The molecule has 17 heavy (non-hydrogen) atoms. The Labute approximate surface area is 105 Å². The lowest BCUT2D eigenvalue weighted by atomic mass is 10.3. The predicted molar refractivity (Wildman–Crippen MR) is 69.2 cm³/mol. The average Bonchev–Trinajstić information content (AvgIpc) is 3.10. The van der Waals surface area contributed by atoms with Gasteiger partial charge in [0.15, 0.2) is 11.4 Å². The molecule has 2 fully saturated rings. The zero-order valence-electron chi connectivity index (χ0n) is 10.1. The fourth-order valence-electron chi connectivity index (χ4n) is 2.20. The highest BCUT2D eigenvalue weighted by atomic mass is 32.1. The number of aromatic nitrogens is 1. The molecule has 0 spiro atoms. The largest absolute Gasteiger partial charge is 0.346 e. The van der Waals surface area contributed by atoms with Crippen molar-refractivity contribution >= 4 is 22.8 Å². The number of anilines is 1. The molecule has 1 aliphatic carbocycles. The topological polar surface area (TPSA) is 36.4 Å². The zero-order chi connectivity index (χ0) is 11.8. The van der Waals surface area contributed by atoms with E-state index in [1.54, 1.807) is 11.3 Å². The van der Waals surface area contributed by atoms with Gasteiger partial charge >= 0.3 is 0 Å². The number of hydrogen-bond acceptors (Lipinski definition) is 5. The Hall–Kier alpha value is -0.940. The summed E-state index contributed by atoms with van der Waals surface area (Å²) in [4.78, 5) is 21.2. The second-order valence-corrected chi connectivity index (χ2v) is 5.94. The molecule has 5 heteroatoms. The van der Waals surface area contributed by atoms with Crippen molar-refractivity contribution in [2.75, 3.05) is 38.1 Å². The maximum Gasteiger partial charge on any atom is 0.186 e. The van der Waals surface area contributed by atoms with E-state index in [9.17, 15) is 4.79 Å². The smallest absolute Gasteiger partial charge is 0.186 e. The number of piperazine rings is 1. The molecule has 0 bridgehead atoms. The van der Waals surface area contributed by atoms with Gasteiger partial charge in [-0.15, -0.1) is 0 Å². The van der Waals surface area contributed by atoms with E-state index in [1.807, 2.05) is 0 Å². The number of carbonyl (C=O) groups is 1. The minimum atomic E-state index is 0.563. The predicted octanol–water partition coefficient (Wildman–Crippen LogP) is 1.58. The third-order valence-corrected chi connectivity index (χ3v) is 4.57. The van der Waals surface area contributed by atoms with E-state index in [2.05, 4.69) is 21.8 Å². The van der Waals surface area contributed by atoms with Crippen LogP contribution in [0.25, 0.3) is 0 Å². The SMILES string of the molecule is CN1CCN(c2nc(C3CC3)c(C=O)s2)CC1. The van der Waals surface area contributed by atoms with Crippen molar-refractivity contribution in [2.24, 2.45) is 0 Å². The maximum atomic E-state index is 11.1. The van der Waals surface area contributed by atoms with Gasteiger partial charge in [0.2, 0.25) is 0 Å². The third kappa shape index (κ3) is 2.21. The van der Waals surface area contributed by atoms with Gasteiger partial charge in [0.05, 0.1) is 10.6 Å². The maximum absolute atomic E-state index is 11.1. The van der Waals surface area contributed by atoms with E-state index < -0.39 is 0 Å². The van der Waals surface area contributed by atoms with Crippen LogP contribution in [0.4, 0.5) is 5.13 Å². The van der Waals surface area contributed by atoms with Gasteiger partial charge in [-0.05, 0) is 19.9 Å². The molecule has 1 aliphatic heterocycles. The van der Waals surface area contributed by atoms with Gasteiger partial charge in [-0.25, -0.2) is 4.98 Å². The Morgan fingerprint density at radius 2 is 2.00 bits per heavy atom. The molecule has 2 aliphatic rings. The van der Waals surface area contributed by atoms with Gasteiger partial charge in [0.25, 0.3) is 0 Å². The van der Waals surface area contributed by atoms with Crippen LogP contribution in [0.5, 0.6) is 0 Å². The molecular formula is C12H17N3OS. The minimum Gasteiger partial charge on any atom is -0.346 e. The number of nitrogens with zero attached hydrogens (tertiary/aromatic N) is 3. The van der Waals surface area contributed by atoms with Crippen molar-refractivity contribution in [1.82, 2.24) is 9.88 Å². The Bertz CT molecular complexity index is 419. The molecule has 92 valence electrons. The van der Waals surface area contributed by atoms with Crippen molar-refractivity contribution < 1.29 is 4.79 Å². The first-order valence-corrected chi connectivity index (χ1v) is 6.99. The van der Waals surface area contributed by atoms with Crippen LogP contribution in [0.15, 0.2) is 0 Å². The van der Waals surface area contributed by atoms with Crippen LogP contribution < -0.4 is 4.90 Å². The summed E-state index contributed by atoms with van der Waals surface area (Å²) < 4.78 is 0. The van der Waals surface area contributed by atoms with Crippen LogP contribution in [-0.2, 0) is 0 Å². The fourth-order valence-corrected chi connectivity index (χ4v) is 3.22. The molecule has 4 nitrogen and oxygen atoms in total. The van der Waals surface area contributed by atoms with Crippen molar-refractivity contribution in [2.45, 2.75) is 18.8 Å². The molecule has 1 saturated carbocycles. The number of thiazole rings is 1. The highest BCUT2D eigenvalue weighted by Crippen LogP contribution is 2.43. The zero-order valence-corrected chi connectivity index (χ0v) is 10.9. The first-order chi connectivity index (χ1) is 8.28. The van der Waals surface area contributed by atoms with Crippen molar-refractivity contribution in [3.05, 3.63) is 10.6 Å². The van der Waals surface area contributed by atoms with Gasteiger partial charge in [0.1, 0.15) is 0 Å². The summed E-state index contributed by atoms with van der Waals surface area (Å²) in [6.45, 7) is 4.20. The van der Waals surface area contributed by atoms with Crippen LogP contribution in [0.1, 0.15) is 34.1 Å². The quantitative estimate of drug-likeness (QED) is 0.764. The highest BCUT2D eigenvalue weighted by Gasteiger charge is 2.30. The summed E-state index contributed by atoms with van der Waals surface area (Å²) in [6.07, 6.45) is 3.38. The van der Waals surface area contributed by atoms with Crippen molar-refractivity contribution in [1.29, 1.82) is 0 Å². The summed E-state index contributed by atoms with van der Waals surface area (Å²) in [5, 5.41) is 1.04. The molecule has 0 N–H and O–H groups in total.